The first kappa shape index (κ1) is 23.2. The molecular weight excluding hydrogens is 469 g/mol. The normalized spacial score (nSPS) is 11.9. The molecule has 4 rings (SSSR count). The Morgan fingerprint density at radius 2 is 1.68 bits per heavy atom. The highest BCUT2D eigenvalue weighted by Gasteiger charge is 2.43. The zero-order valence-electron chi connectivity index (χ0n) is 17.2. The van der Waals surface area contributed by atoms with Gasteiger partial charge < -0.3 is 4.74 Å². The molecule has 0 aliphatic carbocycles. The van der Waals surface area contributed by atoms with E-state index in [4.69, 9.17) is 4.74 Å². The number of hydrogen-bond acceptors (Lipinski definition) is 5. The van der Waals surface area contributed by atoms with Crippen LogP contribution in [0.4, 0.5) is 13.2 Å². The van der Waals surface area contributed by atoms with Crippen molar-refractivity contribution in [2.75, 3.05) is 0 Å². The summed E-state index contributed by atoms with van der Waals surface area (Å²) in [5, 5.41) is 10.4. The lowest BCUT2D eigenvalue weighted by atomic mass is 9.98. The highest BCUT2D eigenvalue weighted by atomic mass is 32.2. The molecule has 0 atom stereocenters. The summed E-state index contributed by atoms with van der Waals surface area (Å²) < 4.78 is 82.1. The molecule has 1 heterocycles. The van der Waals surface area contributed by atoms with E-state index in [1.54, 1.807) is 42.5 Å². The second-order valence-corrected chi connectivity index (χ2v) is 8.60. The van der Waals surface area contributed by atoms with Gasteiger partial charge in [0.25, 0.3) is 10.1 Å². The number of pyridine rings is 1. The SMILES string of the molecule is N#Cc1cc(-c2ccccc2)c(S(=O)(=O)O)c(C(F)(F)F)c1OCc1ccc2ccccc2n1. The van der Waals surface area contributed by atoms with Gasteiger partial charge in [0.1, 0.15) is 23.1 Å². The summed E-state index contributed by atoms with van der Waals surface area (Å²) in [7, 11) is -5.38. The standard InChI is InChI=1S/C24H15F3N2O4S/c25-24(26,27)21-22(33-14-18-11-10-16-8-4-5-9-20(16)29-18)17(13-28)12-19(23(21)34(30,31)32)15-6-2-1-3-7-15/h1-12H,14H2,(H,30,31,32). The van der Waals surface area contributed by atoms with Crippen LogP contribution in [-0.2, 0) is 22.9 Å². The van der Waals surface area contributed by atoms with E-state index in [-0.39, 0.29) is 11.3 Å². The Morgan fingerprint density at radius 1 is 1.00 bits per heavy atom. The van der Waals surface area contributed by atoms with Crippen molar-refractivity contribution in [1.29, 1.82) is 5.26 Å². The van der Waals surface area contributed by atoms with E-state index < -0.39 is 50.2 Å². The van der Waals surface area contributed by atoms with E-state index in [0.29, 0.717) is 5.52 Å². The highest BCUT2D eigenvalue weighted by molar-refractivity contribution is 7.86. The first-order valence-electron chi connectivity index (χ1n) is 9.78. The van der Waals surface area contributed by atoms with Crippen molar-refractivity contribution in [2.24, 2.45) is 0 Å². The maximum absolute atomic E-state index is 14.2. The molecular formula is C24H15F3N2O4S. The van der Waals surface area contributed by atoms with E-state index in [0.717, 1.165) is 11.5 Å². The Morgan fingerprint density at radius 3 is 2.32 bits per heavy atom. The molecule has 10 heteroatoms. The van der Waals surface area contributed by atoms with Crippen LogP contribution in [0.15, 0.2) is 77.7 Å². The van der Waals surface area contributed by atoms with Crippen LogP contribution >= 0.6 is 0 Å². The number of para-hydroxylation sites is 1. The number of benzene rings is 3. The third-order valence-corrected chi connectivity index (χ3v) is 5.94. The Hall–Kier alpha value is -3.94. The van der Waals surface area contributed by atoms with Gasteiger partial charge in [-0.15, -0.1) is 0 Å². The number of hydrogen-bond donors (Lipinski definition) is 1. The molecule has 4 aromatic rings. The van der Waals surface area contributed by atoms with Gasteiger partial charge in [-0.3, -0.25) is 4.55 Å². The molecule has 172 valence electrons. The van der Waals surface area contributed by atoms with E-state index >= 15 is 0 Å². The molecule has 0 aliphatic heterocycles. The molecule has 0 radical (unpaired) electrons. The third kappa shape index (κ3) is 4.57. The second kappa shape index (κ2) is 8.78. The molecule has 34 heavy (non-hydrogen) atoms. The van der Waals surface area contributed by atoms with Gasteiger partial charge in [0.15, 0.2) is 5.75 Å². The van der Waals surface area contributed by atoms with Gasteiger partial charge in [-0.2, -0.15) is 26.9 Å². The summed E-state index contributed by atoms with van der Waals surface area (Å²) in [5.74, 6) is -1.00. The van der Waals surface area contributed by atoms with E-state index in [1.165, 1.54) is 24.3 Å². The topological polar surface area (TPSA) is 100 Å². The highest BCUT2D eigenvalue weighted by Crippen LogP contribution is 2.46. The molecule has 1 aromatic heterocycles. The van der Waals surface area contributed by atoms with Crippen molar-refractivity contribution in [1.82, 2.24) is 4.98 Å². The molecule has 1 N–H and O–H groups in total. The van der Waals surface area contributed by atoms with Gasteiger partial charge in [0.2, 0.25) is 0 Å². The number of nitrogens with zero attached hydrogens (tertiary/aromatic N) is 2. The largest absolute Gasteiger partial charge is 0.485 e. The molecule has 0 bridgehead atoms. The van der Waals surface area contributed by atoms with E-state index in [1.807, 2.05) is 6.07 Å². The van der Waals surface area contributed by atoms with Gasteiger partial charge in [0.05, 0.1) is 16.8 Å². The van der Waals surface area contributed by atoms with Gasteiger partial charge in [0, 0.05) is 10.9 Å². The molecule has 0 aliphatic rings. The molecule has 3 aromatic carbocycles. The average Bonchev–Trinajstić information content (AvgIpc) is 2.81. The quantitative estimate of drug-likeness (QED) is 0.369. The van der Waals surface area contributed by atoms with Crippen LogP contribution in [0, 0.1) is 11.3 Å². The summed E-state index contributed by atoms with van der Waals surface area (Å²) in [6, 6.07) is 20.2. The Kier molecular flexibility index (Phi) is 6.00. The number of alkyl halides is 3. The van der Waals surface area contributed by atoms with Gasteiger partial charge in [-0.1, -0.05) is 54.6 Å². The maximum Gasteiger partial charge on any atom is 0.421 e. The van der Waals surface area contributed by atoms with Crippen LogP contribution in [0.3, 0.4) is 0 Å². The Bertz CT molecular complexity index is 1530. The predicted octanol–water partition coefficient (Wildman–Crippen LogP) is 5.62. The number of nitriles is 1. The van der Waals surface area contributed by atoms with Crippen LogP contribution < -0.4 is 4.74 Å². The maximum atomic E-state index is 14.2. The summed E-state index contributed by atoms with van der Waals surface area (Å²) in [4.78, 5) is 2.93. The van der Waals surface area contributed by atoms with Crippen molar-refractivity contribution >= 4 is 21.0 Å². The lowest BCUT2D eigenvalue weighted by Crippen LogP contribution is -2.18. The second-order valence-electron chi connectivity index (χ2n) is 7.24. The summed E-state index contributed by atoms with van der Waals surface area (Å²) in [6.07, 6.45) is -5.27. The van der Waals surface area contributed by atoms with Crippen LogP contribution in [-0.4, -0.2) is 18.0 Å². The lowest BCUT2D eigenvalue weighted by molar-refractivity contribution is -0.141. The first-order chi connectivity index (χ1) is 16.1. The smallest absolute Gasteiger partial charge is 0.421 e. The van der Waals surface area contributed by atoms with Gasteiger partial charge >= 0.3 is 6.18 Å². The number of rotatable bonds is 5. The number of aromatic nitrogens is 1. The minimum atomic E-state index is -5.38. The molecule has 0 spiro atoms. The van der Waals surface area contributed by atoms with Gasteiger partial charge in [-0.25, -0.2) is 4.98 Å². The fourth-order valence-corrected chi connectivity index (χ4v) is 4.49. The van der Waals surface area contributed by atoms with Crippen molar-refractivity contribution in [3.05, 3.63) is 89.6 Å². The minimum Gasteiger partial charge on any atom is -0.485 e. The van der Waals surface area contributed by atoms with Crippen molar-refractivity contribution in [2.45, 2.75) is 17.7 Å². The van der Waals surface area contributed by atoms with Crippen LogP contribution in [0.1, 0.15) is 16.8 Å². The van der Waals surface area contributed by atoms with Crippen molar-refractivity contribution in [3.8, 4) is 22.9 Å². The zero-order chi connectivity index (χ0) is 24.5. The summed E-state index contributed by atoms with van der Waals surface area (Å²) in [5.41, 5.74) is -1.86. The predicted molar refractivity (Wildman–Crippen MR) is 117 cm³/mol. The van der Waals surface area contributed by atoms with E-state index in [2.05, 4.69) is 4.98 Å². The fraction of sp³-hybridized carbons (Fsp3) is 0.0833. The van der Waals surface area contributed by atoms with Crippen molar-refractivity contribution < 1.29 is 30.9 Å². The monoisotopic (exact) mass is 484 g/mol. The molecule has 0 fully saturated rings. The summed E-state index contributed by atoms with van der Waals surface area (Å²) >= 11 is 0. The zero-order valence-corrected chi connectivity index (χ0v) is 18.1. The summed E-state index contributed by atoms with van der Waals surface area (Å²) in [6.45, 7) is -0.474. The molecule has 0 saturated heterocycles. The Labute approximate surface area is 192 Å². The number of ether oxygens (including phenoxy) is 1. The third-order valence-electron chi connectivity index (χ3n) is 5.00. The van der Waals surface area contributed by atoms with Crippen LogP contribution in [0.25, 0.3) is 22.0 Å². The Balaban J connectivity index is 1.91. The molecule has 0 saturated carbocycles. The number of fused-ring (bicyclic) bond motifs is 1. The van der Waals surface area contributed by atoms with E-state index in [9.17, 15) is 31.4 Å². The lowest BCUT2D eigenvalue weighted by Gasteiger charge is -2.21. The minimum absolute atomic E-state index is 0.0693. The van der Waals surface area contributed by atoms with Crippen LogP contribution in [0.5, 0.6) is 5.75 Å². The fourth-order valence-electron chi connectivity index (χ4n) is 3.57. The van der Waals surface area contributed by atoms with Crippen LogP contribution in [0.2, 0.25) is 0 Å². The first-order valence-corrected chi connectivity index (χ1v) is 11.2. The van der Waals surface area contributed by atoms with Gasteiger partial charge in [-0.05, 0) is 23.8 Å². The average molecular weight is 484 g/mol. The molecule has 0 amide bonds. The van der Waals surface area contributed by atoms with Crippen molar-refractivity contribution in [3.63, 3.8) is 0 Å². The molecule has 6 nitrogen and oxygen atoms in total. The number of halogens is 3. The molecule has 0 unspecified atom stereocenters.